The number of nitrogens with zero attached hydrogens (tertiary/aromatic N) is 4. The maximum Gasteiger partial charge on any atom is 0.244 e. The van der Waals surface area contributed by atoms with Gasteiger partial charge in [-0.05, 0) is 31.2 Å². The van der Waals surface area contributed by atoms with Gasteiger partial charge in [0.2, 0.25) is 17.6 Å². The summed E-state index contributed by atoms with van der Waals surface area (Å²) in [4.78, 5) is 22.0. The fourth-order valence-electron chi connectivity index (χ4n) is 3.04. The van der Waals surface area contributed by atoms with Crippen LogP contribution >= 0.6 is 36.2 Å². The normalized spacial score (nSPS) is 20.0. The zero-order valence-electron chi connectivity index (χ0n) is 14.5. The van der Waals surface area contributed by atoms with Crippen LogP contribution in [0.4, 0.5) is 0 Å². The van der Waals surface area contributed by atoms with E-state index in [1.54, 1.807) is 11.3 Å². The molecule has 2 N–H and O–H groups in total. The van der Waals surface area contributed by atoms with E-state index in [0.717, 1.165) is 30.8 Å². The highest BCUT2D eigenvalue weighted by Crippen LogP contribution is 2.34. The van der Waals surface area contributed by atoms with E-state index in [0.29, 0.717) is 24.8 Å². The van der Waals surface area contributed by atoms with Crippen molar-refractivity contribution in [2.24, 2.45) is 5.73 Å². The van der Waals surface area contributed by atoms with Crippen molar-refractivity contribution < 1.29 is 9.32 Å². The number of carbonyl (C=O) groups is 1. The molecule has 1 aliphatic heterocycles. The first kappa shape index (κ1) is 21.1. The third-order valence-corrected chi connectivity index (χ3v) is 5.77. The van der Waals surface area contributed by atoms with Gasteiger partial charge in [-0.25, -0.2) is 0 Å². The van der Waals surface area contributed by atoms with Crippen LogP contribution in [0.25, 0.3) is 10.7 Å². The Morgan fingerprint density at radius 2 is 2.00 bits per heavy atom. The van der Waals surface area contributed by atoms with Crippen LogP contribution in [0.2, 0.25) is 0 Å². The van der Waals surface area contributed by atoms with Gasteiger partial charge < -0.3 is 15.2 Å². The van der Waals surface area contributed by atoms with Gasteiger partial charge in [0.25, 0.3) is 0 Å². The van der Waals surface area contributed by atoms with Gasteiger partial charge in [0, 0.05) is 26.2 Å². The van der Waals surface area contributed by atoms with Crippen molar-refractivity contribution in [2.45, 2.75) is 31.3 Å². The summed E-state index contributed by atoms with van der Waals surface area (Å²) < 4.78 is 5.45. The summed E-state index contributed by atoms with van der Waals surface area (Å²) in [6, 6.07) is 3.99. The van der Waals surface area contributed by atoms with E-state index in [4.69, 9.17) is 10.3 Å². The number of amides is 1. The first-order valence-corrected chi connectivity index (χ1v) is 9.14. The monoisotopic (exact) mass is 419 g/mol. The second kappa shape index (κ2) is 8.22. The summed E-state index contributed by atoms with van der Waals surface area (Å²) in [7, 11) is 0. The Labute approximate surface area is 168 Å². The SMILES string of the molecule is CC(c1nc(-c2cccs2)no1)N1CCN(C(=O)C2(N)CC2)CC1.Cl.Cl. The summed E-state index contributed by atoms with van der Waals surface area (Å²) in [6.45, 7) is 5.05. The second-order valence-corrected chi connectivity index (χ2v) is 7.54. The minimum absolute atomic E-state index is 0. The molecule has 1 saturated carbocycles. The zero-order valence-corrected chi connectivity index (χ0v) is 16.9. The standard InChI is InChI=1S/C16H21N5O2S.2ClH/c1-11(14-18-13(19-23-14)12-3-2-10-24-12)20-6-8-21(9-7-20)15(22)16(17)4-5-16;;/h2-3,10-11H,4-9,17H2,1H3;2*1H. The molecule has 1 aliphatic carbocycles. The molecule has 0 spiro atoms. The van der Waals surface area contributed by atoms with Crippen LogP contribution in [-0.2, 0) is 4.79 Å². The van der Waals surface area contributed by atoms with E-state index in [1.165, 1.54) is 0 Å². The average Bonchev–Trinajstić information content (AvgIpc) is 3.03. The van der Waals surface area contributed by atoms with E-state index in [-0.39, 0.29) is 36.8 Å². The van der Waals surface area contributed by atoms with Crippen molar-refractivity contribution in [3.8, 4) is 10.7 Å². The largest absolute Gasteiger partial charge is 0.339 e. The zero-order chi connectivity index (χ0) is 16.7. The molecule has 1 amide bonds. The van der Waals surface area contributed by atoms with Crippen molar-refractivity contribution in [3.05, 3.63) is 23.4 Å². The van der Waals surface area contributed by atoms with Crippen LogP contribution in [0, 0.1) is 0 Å². The lowest BCUT2D eigenvalue weighted by atomic mass is 10.2. The molecule has 2 aromatic heterocycles. The summed E-state index contributed by atoms with van der Waals surface area (Å²) in [6.07, 6.45) is 1.63. The van der Waals surface area contributed by atoms with E-state index >= 15 is 0 Å². The number of halogens is 2. The Morgan fingerprint density at radius 3 is 2.58 bits per heavy atom. The summed E-state index contributed by atoms with van der Waals surface area (Å²) in [5, 5.41) is 6.07. The van der Waals surface area contributed by atoms with Crippen molar-refractivity contribution in [3.63, 3.8) is 0 Å². The lowest BCUT2D eigenvalue weighted by Gasteiger charge is -2.37. The van der Waals surface area contributed by atoms with Gasteiger partial charge in [0.05, 0.1) is 16.5 Å². The third-order valence-electron chi connectivity index (χ3n) is 4.90. The Bertz CT molecular complexity index is 727. The van der Waals surface area contributed by atoms with Gasteiger partial charge in [0.15, 0.2) is 0 Å². The van der Waals surface area contributed by atoms with Crippen LogP contribution in [-0.4, -0.2) is 57.6 Å². The van der Waals surface area contributed by atoms with Gasteiger partial charge >= 0.3 is 0 Å². The summed E-state index contributed by atoms with van der Waals surface area (Å²) in [5.41, 5.74) is 5.44. The maximum absolute atomic E-state index is 12.3. The van der Waals surface area contributed by atoms with Crippen molar-refractivity contribution in [1.82, 2.24) is 19.9 Å². The van der Waals surface area contributed by atoms with Crippen LogP contribution in [0.1, 0.15) is 31.7 Å². The third kappa shape index (κ3) is 4.04. The Hall–Kier alpha value is -1.19. The van der Waals surface area contributed by atoms with E-state index in [9.17, 15) is 4.79 Å². The maximum atomic E-state index is 12.3. The summed E-state index contributed by atoms with van der Waals surface area (Å²) >= 11 is 1.59. The molecule has 0 aromatic carbocycles. The first-order valence-electron chi connectivity index (χ1n) is 8.27. The number of aromatic nitrogens is 2. The molecule has 2 fully saturated rings. The number of thiophene rings is 1. The molecule has 0 bridgehead atoms. The highest BCUT2D eigenvalue weighted by atomic mass is 35.5. The molecular weight excluding hydrogens is 397 g/mol. The van der Waals surface area contributed by atoms with Crippen molar-refractivity contribution in [1.29, 1.82) is 0 Å². The number of hydrogen-bond donors (Lipinski definition) is 1. The van der Waals surface area contributed by atoms with E-state index in [2.05, 4.69) is 22.0 Å². The second-order valence-electron chi connectivity index (χ2n) is 6.59. The molecule has 144 valence electrons. The van der Waals surface area contributed by atoms with Crippen LogP contribution < -0.4 is 5.73 Å². The topological polar surface area (TPSA) is 88.5 Å². The molecule has 0 radical (unpaired) electrons. The predicted molar refractivity (Wildman–Crippen MR) is 105 cm³/mol. The first-order chi connectivity index (χ1) is 11.6. The van der Waals surface area contributed by atoms with Crippen LogP contribution in [0.15, 0.2) is 22.0 Å². The average molecular weight is 420 g/mol. The molecule has 10 heteroatoms. The number of hydrogen-bond acceptors (Lipinski definition) is 7. The van der Waals surface area contributed by atoms with Crippen LogP contribution in [0.3, 0.4) is 0 Å². The minimum atomic E-state index is -0.574. The van der Waals surface area contributed by atoms with Gasteiger partial charge in [-0.15, -0.1) is 36.2 Å². The molecule has 26 heavy (non-hydrogen) atoms. The minimum Gasteiger partial charge on any atom is -0.339 e. The number of rotatable bonds is 4. The number of piperazine rings is 1. The predicted octanol–water partition coefficient (Wildman–Crippen LogP) is 2.34. The Morgan fingerprint density at radius 1 is 1.31 bits per heavy atom. The Balaban J connectivity index is 0.00000121. The lowest BCUT2D eigenvalue weighted by molar-refractivity contribution is -0.135. The molecule has 1 unspecified atom stereocenters. The molecule has 3 heterocycles. The fraction of sp³-hybridized carbons (Fsp3) is 0.562. The fourth-order valence-corrected chi connectivity index (χ4v) is 3.69. The quantitative estimate of drug-likeness (QED) is 0.817. The molecule has 4 rings (SSSR count). The smallest absolute Gasteiger partial charge is 0.244 e. The highest BCUT2D eigenvalue weighted by molar-refractivity contribution is 7.13. The molecular formula is C16H23Cl2N5O2S. The number of carbonyl (C=O) groups excluding carboxylic acids is 1. The Kier molecular flexibility index (Phi) is 6.68. The van der Waals surface area contributed by atoms with Crippen LogP contribution in [0.5, 0.6) is 0 Å². The van der Waals surface area contributed by atoms with E-state index in [1.807, 2.05) is 22.4 Å². The van der Waals surface area contributed by atoms with Gasteiger partial charge in [-0.3, -0.25) is 9.69 Å². The lowest BCUT2D eigenvalue weighted by Crippen LogP contribution is -2.54. The number of nitrogens with two attached hydrogens (primary N) is 1. The molecule has 1 saturated heterocycles. The molecule has 2 aromatic rings. The molecule has 7 nitrogen and oxygen atoms in total. The summed E-state index contributed by atoms with van der Waals surface area (Å²) in [5.74, 6) is 1.36. The molecule has 1 atom stereocenters. The van der Waals surface area contributed by atoms with Gasteiger partial charge in [0.1, 0.15) is 0 Å². The highest BCUT2D eigenvalue weighted by Gasteiger charge is 2.48. The van der Waals surface area contributed by atoms with Gasteiger partial charge in [-0.2, -0.15) is 4.98 Å². The van der Waals surface area contributed by atoms with Gasteiger partial charge in [-0.1, -0.05) is 11.2 Å². The van der Waals surface area contributed by atoms with E-state index < -0.39 is 5.54 Å². The van der Waals surface area contributed by atoms with Crippen molar-refractivity contribution >= 4 is 42.1 Å². The van der Waals surface area contributed by atoms with Crippen molar-refractivity contribution in [2.75, 3.05) is 26.2 Å². The molecule has 2 aliphatic rings.